The fourth-order valence-electron chi connectivity index (χ4n) is 2.55. The van der Waals surface area contributed by atoms with Crippen molar-refractivity contribution in [2.75, 3.05) is 16.2 Å². The van der Waals surface area contributed by atoms with Crippen molar-refractivity contribution in [1.82, 2.24) is 0 Å². The van der Waals surface area contributed by atoms with Crippen molar-refractivity contribution in [2.24, 2.45) is 0 Å². The van der Waals surface area contributed by atoms with Gasteiger partial charge in [0, 0.05) is 13.0 Å². The normalized spacial score (nSPS) is 14.8. The quantitative estimate of drug-likeness (QED) is 0.789. The molecule has 0 radical (unpaired) electrons. The summed E-state index contributed by atoms with van der Waals surface area (Å²) in [7, 11) is -3.84. The summed E-state index contributed by atoms with van der Waals surface area (Å²) >= 11 is 17.9. The number of nitrogens with zero attached hydrogens (tertiary/aromatic N) is 1. The van der Waals surface area contributed by atoms with E-state index in [0.717, 1.165) is 6.42 Å². The number of carbonyl (C=O) groups excluding carboxylic acids is 1. The standard InChI is InChI=1S/C16H13Cl3N2O3S/c17-12-5-4-11(9-13(12)18)25(23,24)20-10-3-6-15(14(19)8-10)21-7-1-2-16(21)22/h3-6,8-9,20H,1-2,7H2. The zero-order valence-electron chi connectivity index (χ0n) is 12.8. The van der Waals surface area contributed by atoms with Crippen LogP contribution in [0.1, 0.15) is 12.8 Å². The first-order chi connectivity index (χ1) is 11.8. The number of amides is 1. The highest BCUT2D eigenvalue weighted by molar-refractivity contribution is 7.92. The Morgan fingerprint density at radius 3 is 2.32 bits per heavy atom. The van der Waals surface area contributed by atoms with E-state index in [4.69, 9.17) is 34.8 Å². The van der Waals surface area contributed by atoms with Crippen molar-refractivity contribution in [1.29, 1.82) is 0 Å². The van der Waals surface area contributed by atoms with Gasteiger partial charge in [0.25, 0.3) is 10.0 Å². The molecule has 0 bridgehead atoms. The third kappa shape index (κ3) is 3.87. The molecule has 0 aliphatic carbocycles. The maximum Gasteiger partial charge on any atom is 0.261 e. The van der Waals surface area contributed by atoms with Crippen molar-refractivity contribution in [3.05, 3.63) is 51.5 Å². The molecule has 1 aliphatic rings. The SMILES string of the molecule is O=C1CCCN1c1ccc(NS(=O)(=O)c2ccc(Cl)c(Cl)c2)cc1Cl. The Kier molecular flexibility index (Phi) is 5.16. The number of hydrogen-bond acceptors (Lipinski definition) is 3. The summed E-state index contributed by atoms with van der Waals surface area (Å²) in [6, 6.07) is 8.69. The van der Waals surface area contributed by atoms with Gasteiger partial charge in [-0.3, -0.25) is 9.52 Å². The van der Waals surface area contributed by atoms with Gasteiger partial charge in [0.1, 0.15) is 0 Å². The number of anilines is 2. The number of hydrogen-bond donors (Lipinski definition) is 1. The van der Waals surface area contributed by atoms with E-state index in [-0.39, 0.29) is 26.5 Å². The summed E-state index contributed by atoms with van der Waals surface area (Å²) in [4.78, 5) is 13.4. The van der Waals surface area contributed by atoms with Crippen LogP contribution in [-0.2, 0) is 14.8 Å². The van der Waals surface area contributed by atoms with Crippen LogP contribution in [0.25, 0.3) is 0 Å². The van der Waals surface area contributed by atoms with E-state index >= 15 is 0 Å². The van der Waals surface area contributed by atoms with Gasteiger partial charge in [-0.2, -0.15) is 0 Å². The predicted octanol–water partition coefficient (Wildman–Crippen LogP) is 4.57. The van der Waals surface area contributed by atoms with Gasteiger partial charge in [-0.05, 0) is 42.8 Å². The molecule has 5 nitrogen and oxygen atoms in total. The van der Waals surface area contributed by atoms with Crippen LogP contribution >= 0.6 is 34.8 Å². The Labute approximate surface area is 160 Å². The lowest BCUT2D eigenvalue weighted by Crippen LogP contribution is -2.24. The van der Waals surface area contributed by atoms with E-state index in [2.05, 4.69) is 4.72 Å². The molecular weight excluding hydrogens is 407 g/mol. The van der Waals surface area contributed by atoms with Crippen molar-refractivity contribution >= 4 is 62.1 Å². The molecule has 1 amide bonds. The Morgan fingerprint density at radius 1 is 0.960 bits per heavy atom. The summed E-state index contributed by atoms with van der Waals surface area (Å²) in [5.41, 5.74) is 0.855. The molecule has 25 heavy (non-hydrogen) atoms. The molecule has 2 aromatic carbocycles. The fraction of sp³-hybridized carbons (Fsp3) is 0.188. The molecule has 0 unspecified atom stereocenters. The van der Waals surface area contributed by atoms with Crippen LogP contribution in [-0.4, -0.2) is 20.9 Å². The van der Waals surface area contributed by atoms with Crippen molar-refractivity contribution in [3.8, 4) is 0 Å². The van der Waals surface area contributed by atoms with Crippen LogP contribution in [0.2, 0.25) is 15.1 Å². The molecule has 0 atom stereocenters. The van der Waals surface area contributed by atoms with E-state index in [1.54, 1.807) is 17.0 Å². The van der Waals surface area contributed by atoms with Gasteiger partial charge >= 0.3 is 0 Å². The number of sulfonamides is 1. The second-order valence-electron chi connectivity index (χ2n) is 5.50. The molecule has 1 N–H and O–H groups in total. The van der Waals surface area contributed by atoms with Crippen LogP contribution in [0.4, 0.5) is 11.4 Å². The second kappa shape index (κ2) is 7.03. The topological polar surface area (TPSA) is 66.5 Å². The van der Waals surface area contributed by atoms with E-state index in [9.17, 15) is 13.2 Å². The van der Waals surface area contributed by atoms with E-state index in [0.29, 0.717) is 23.7 Å². The third-order valence-corrected chi connectivity index (χ3v) is 6.19. The molecule has 1 fully saturated rings. The fourth-order valence-corrected chi connectivity index (χ4v) is 4.27. The Balaban J connectivity index is 1.86. The average molecular weight is 420 g/mol. The lowest BCUT2D eigenvalue weighted by atomic mass is 10.2. The van der Waals surface area contributed by atoms with Crippen LogP contribution in [0.3, 0.4) is 0 Å². The summed E-state index contributed by atoms with van der Waals surface area (Å²) in [6.45, 7) is 0.604. The van der Waals surface area contributed by atoms with Crippen molar-refractivity contribution in [2.45, 2.75) is 17.7 Å². The smallest absolute Gasteiger partial charge is 0.261 e. The molecule has 3 rings (SSSR count). The van der Waals surface area contributed by atoms with E-state index < -0.39 is 10.0 Å². The van der Waals surface area contributed by atoms with Crippen LogP contribution in [0.15, 0.2) is 41.3 Å². The number of halogens is 3. The average Bonchev–Trinajstić information content (AvgIpc) is 2.95. The monoisotopic (exact) mass is 418 g/mol. The van der Waals surface area contributed by atoms with Crippen molar-refractivity contribution in [3.63, 3.8) is 0 Å². The minimum atomic E-state index is -3.84. The number of carbonyl (C=O) groups is 1. The largest absolute Gasteiger partial charge is 0.311 e. The maximum absolute atomic E-state index is 12.4. The van der Waals surface area contributed by atoms with Crippen LogP contribution in [0, 0.1) is 0 Å². The van der Waals surface area contributed by atoms with Gasteiger partial charge in [0.2, 0.25) is 5.91 Å². The van der Waals surface area contributed by atoms with Gasteiger partial charge in [-0.1, -0.05) is 34.8 Å². The van der Waals surface area contributed by atoms with Gasteiger partial charge in [0.05, 0.1) is 31.3 Å². The molecule has 132 valence electrons. The predicted molar refractivity (Wildman–Crippen MR) is 100 cm³/mol. The summed E-state index contributed by atoms with van der Waals surface area (Å²) < 4.78 is 27.3. The third-order valence-electron chi connectivity index (χ3n) is 3.77. The summed E-state index contributed by atoms with van der Waals surface area (Å²) in [6.07, 6.45) is 1.27. The highest BCUT2D eigenvalue weighted by Crippen LogP contribution is 2.33. The maximum atomic E-state index is 12.4. The van der Waals surface area contributed by atoms with Gasteiger partial charge in [-0.25, -0.2) is 8.42 Å². The molecule has 0 saturated carbocycles. The highest BCUT2D eigenvalue weighted by Gasteiger charge is 2.24. The first-order valence-corrected chi connectivity index (χ1v) is 9.97. The Hall–Kier alpha value is -1.47. The second-order valence-corrected chi connectivity index (χ2v) is 8.40. The van der Waals surface area contributed by atoms with Gasteiger partial charge < -0.3 is 4.90 Å². The molecule has 2 aromatic rings. The van der Waals surface area contributed by atoms with E-state index in [1.807, 2.05) is 0 Å². The van der Waals surface area contributed by atoms with Crippen LogP contribution in [0.5, 0.6) is 0 Å². The Bertz CT molecular complexity index is 948. The number of nitrogens with one attached hydrogen (secondary N) is 1. The van der Waals surface area contributed by atoms with Crippen molar-refractivity contribution < 1.29 is 13.2 Å². The van der Waals surface area contributed by atoms with Gasteiger partial charge in [-0.15, -0.1) is 0 Å². The molecule has 1 saturated heterocycles. The van der Waals surface area contributed by atoms with Crippen LogP contribution < -0.4 is 9.62 Å². The Morgan fingerprint density at radius 2 is 1.72 bits per heavy atom. The lowest BCUT2D eigenvalue weighted by Gasteiger charge is -2.18. The number of benzene rings is 2. The minimum absolute atomic E-state index is 0.00559. The zero-order chi connectivity index (χ0) is 18.2. The molecule has 0 spiro atoms. The number of rotatable bonds is 4. The minimum Gasteiger partial charge on any atom is -0.311 e. The first-order valence-electron chi connectivity index (χ1n) is 7.36. The van der Waals surface area contributed by atoms with Gasteiger partial charge in [0.15, 0.2) is 0 Å². The first kappa shape index (κ1) is 18.3. The lowest BCUT2D eigenvalue weighted by molar-refractivity contribution is -0.117. The highest BCUT2D eigenvalue weighted by atomic mass is 35.5. The molecule has 1 aliphatic heterocycles. The summed E-state index contributed by atoms with van der Waals surface area (Å²) in [5, 5.41) is 0.707. The molecule has 0 aromatic heterocycles. The molecule has 9 heteroatoms. The molecular formula is C16H13Cl3N2O3S. The summed E-state index contributed by atoms with van der Waals surface area (Å²) in [5.74, 6) is 0.00559. The zero-order valence-corrected chi connectivity index (χ0v) is 15.9. The molecule has 1 heterocycles. The van der Waals surface area contributed by atoms with E-state index in [1.165, 1.54) is 24.3 Å².